The number of hydrogen-bond donors (Lipinski definition) is 0. The molecule has 1 atom stereocenters. The van der Waals surface area contributed by atoms with Crippen molar-refractivity contribution in [2.45, 2.75) is 111 Å². The van der Waals surface area contributed by atoms with E-state index in [0.29, 0.717) is 11.5 Å². The zero-order valence-corrected chi connectivity index (χ0v) is 21.2. The Hall–Kier alpha value is -1.08. The van der Waals surface area contributed by atoms with Crippen molar-refractivity contribution in [3.63, 3.8) is 0 Å². The average Bonchev–Trinajstić information content (AvgIpc) is 3.20. The maximum Gasteiger partial charge on any atom is 0.0912 e. The molecule has 2 rings (SSSR count). The average molecular weight is 411 g/mol. The van der Waals surface area contributed by atoms with Gasteiger partial charge in [0.05, 0.1) is 8.07 Å². The van der Waals surface area contributed by atoms with Crippen LogP contribution in [-0.2, 0) is 12.8 Å². The molecule has 1 heteroatoms. The lowest BCUT2D eigenvalue weighted by molar-refractivity contribution is 0.661. The molecule has 0 aliphatic heterocycles. The van der Waals surface area contributed by atoms with Crippen molar-refractivity contribution in [3.05, 3.63) is 53.1 Å². The van der Waals surface area contributed by atoms with Gasteiger partial charge in [-0.1, -0.05) is 121 Å². The van der Waals surface area contributed by atoms with Gasteiger partial charge in [0.25, 0.3) is 0 Å². The summed E-state index contributed by atoms with van der Waals surface area (Å²) >= 11 is 0. The maximum absolute atomic E-state index is 2.59. The number of rotatable bonds is 13. The van der Waals surface area contributed by atoms with Gasteiger partial charge in [-0.25, -0.2) is 0 Å². The van der Waals surface area contributed by atoms with Gasteiger partial charge < -0.3 is 0 Å². The van der Waals surface area contributed by atoms with Crippen LogP contribution in [0.25, 0.3) is 0 Å². The molecule has 0 amide bonds. The summed E-state index contributed by atoms with van der Waals surface area (Å²) < 4.78 is 0. The molecule has 0 fully saturated rings. The van der Waals surface area contributed by atoms with Crippen molar-refractivity contribution in [2.24, 2.45) is 5.92 Å². The number of benzene rings is 1. The van der Waals surface area contributed by atoms with E-state index in [-0.39, 0.29) is 0 Å². The minimum atomic E-state index is -1.57. The van der Waals surface area contributed by atoms with Gasteiger partial charge in [-0.05, 0) is 53.8 Å². The highest BCUT2D eigenvalue weighted by molar-refractivity contribution is 6.91. The van der Waals surface area contributed by atoms with Gasteiger partial charge in [0.1, 0.15) is 0 Å². The summed E-state index contributed by atoms with van der Waals surface area (Å²) in [5, 5.41) is 1.67. The topological polar surface area (TPSA) is 0 Å². The van der Waals surface area contributed by atoms with Gasteiger partial charge in [-0.2, -0.15) is 0 Å². The smallest absolute Gasteiger partial charge is 0.0797 e. The Morgan fingerprint density at radius 1 is 0.793 bits per heavy atom. The van der Waals surface area contributed by atoms with E-state index >= 15 is 0 Å². The van der Waals surface area contributed by atoms with Crippen molar-refractivity contribution >= 4 is 13.3 Å². The van der Waals surface area contributed by atoms with Crippen molar-refractivity contribution in [3.8, 4) is 0 Å². The predicted octanol–water partition coefficient (Wildman–Crippen LogP) is 8.37. The van der Waals surface area contributed by atoms with E-state index in [9.17, 15) is 0 Å². The van der Waals surface area contributed by atoms with Gasteiger partial charge in [0.15, 0.2) is 0 Å². The fraction of sp³-hybridized carbons (Fsp3) is 0.643. The first-order valence-corrected chi connectivity index (χ1v) is 15.5. The molecule has 1 aliphatic carbocycles. The van der Waals surface area contributed by atoms with Crippen LogP contribution in [-0.4, -0.2) is 8.07 Å². The molecule has 0 aromatic heterocycles. The normalized spacial score (nSPS) is 16.7. The molecule has 1 unspecified atom stereocenters. The monoisotopic (exact) mass is 410 g/mol. The molecule has 0 heterocycles. The Morgan fingerprint density at radius 2 is 1.34 bits per heavy atom. The van der Waals surface area contributed by atoms with Gasteiger partial charge in [-0.3, -0.25) is 0 Å². The first-order valence-electron chi connectivity index (χ1n) is 12.4. The Kier molecular flexibility index (Phi) is 9.96. The zero-order valence-electron chi connectivity index (χ0n) is 20.2. The van der Waals surface area contributed by atoms with Crippen LogP contribution in [0.15, 0.2) is 42.0 Å². The fourth-order valence-electron chi connectivity index (χ4n) is 4.49. The Bertz CT molecular complexity index is 647. The van der Waals surface area contributed by atoms with E-state index < -0.39 is 8.07 Å². The molecular weight excluding hydrogens is 364 g/mol. The van der Waals surface area contributed by atoms with Crippen LogP contribution in [0.4, 0.5) is 0 Å². The summed E-state index contributed by atoms with van der Waals surface area (Å²) in [6.07, 6.45) is 20.8. The Labute approximate surface area is 182 Å². The standard InChI is InChI=1S/C28H46Si/c1-7-9-11-13-15-24-19-25(16-14-12-10-8-2)21-28(20-24)29(5,6)27-18-17-26(22-27)23(3)4/h17-23,27H,7-16H2,1-6H3. The molecular formula is C28H46Si. The summed E-state index contributed by atoms with van der Waals surface area (Å²) in [6.45, 7) is 14.4. The number of aryl methyl sites for hydroxylation is 2. The third-order valence-corrected chi connectivity index (χ3v) is 10.6. The molecule has 0 saturated heterocycles. The van der Waals surface area contributed by atoms with Crippen molar-refractivity contribution in [2.75, 3.05) is 0 Å². The predicted molar refractivity (Wildman–Crippen MR) is 135 cm³/mol. The van der Waals surface area contributed by atoms with E-state index in [1.54, 1.807) is 16.3 Å². The molecule has 162 valence electrons. The first-order chi connectivity index (χ1) is 13.9. The van der Waals surface area contributed by atoms with Gasteiger partial charge in [0, 0.05) is 0 Å². The molecule has 0 spiro atoms. The Morgan fingerprint density at radius 3 is 1.79 bits per heavy atom. The molecule has 0 radical (unpaired) electrons. The summed E-state index contributed by atoms with van der Waals surface area (Å²) in [5.41, 5.74) is 5.37. The SMILES string of the molecule is CCCCCCc1cc(CCCCCC)cc([Si](C)(C)C2C=CC(C(C)C)=C2)c1. The van der Waals surface area contributed by atoms with Crippen molar-refractivity contribution < 1.29 is 0 Å². The third kappa shape index (κ3) is 7.28. The van der Waals surface area contributed by atoms with Gasteiger partial charge in [0.2, 0.25) is 0 Å². The first kappa shape index (κ1) is 24.2. The lowest BCUT2D eigenvalue weighted by Crippen LogP contribution is -2.45. The second kappa shape index (κ2) is 11.9. The lowest BCUT2D eigenvalue weighted by atomic mass is 10.0. The second-order valence-corrected chi connectivity index (χ2v) is 14.8. The number of allylic oxidation sites excluding steroid dienone is 4. The van der Waals surface area contributed by atoms with E-state index in [4.69, 9.17) is 0 Å². The van der Waals surface area contributed by atoms with Crippen LogP contribution >= 0.6 is 0 Å². The molecule has 0 saturated carbocycles. The van der Waals surface area contributed by atoms with Crippen molar-refractivity contribution in [1.29, 1.82) is 0 Å². The summed E-state index contributed by atoms with van der Waals surface area (Å²) in [5.74, 6) is 0.639. The molecule has 0 bridgehead atoms. The number of unbranched alkanes of at least 4 members (excludes halogenated alkanes) is 6. The van der Waals surface area contributed by atoms with E-state index in [1.165, 1.54) is 69.8 Å². The third-order valence-electron chi connectivity index (χ3n) is 6.80. The molecule has 1 aliphatic rings. The largest absolute Gasteiger partial charge is 0.0912 e. The fourth-order valence-corrected chi connectivity index (χ4v) is 7.18. The summed E-state index contributed by atoms with van der Waals surface area (Å²) in [6, 6.07) is 7.71. The van der Waals surface area contributed by atoms with Crippen LogP contribution < -0.4 is 5.19 Å². The molecule has 29 heavy (non-hydrogen) atoms. The van der Waals surface area contributed by atoms with Crippen LogP contribution in [0, 0.1) is 5.92 Å². The van der Waals surface area contributed by atoms with Crippen LogP contribution in [0.3, 0.4) is 0 Å². The van der Waals surface area contributed by atoms with Crippen LogP contribution in [0.5, 0.6) is 0 Å². The number of hydrogen-bond acceptors (Lipinski definition) is 0. The quantitative estimate of drug-likeness (QED) is 0.226. The van der Waals surface area contributed by atoms with Crippen LogP contribution in [0.2, 0.25) is 18.6 Å². The molecule has 1 aromatic rings. The van der Waals surface area contributed by atoms with E-state index in [0.717, 1.165) is 0 Å². The minimum Gasteiger partial charge on any atom is -0.0797 e. The minimum absolute atomic E-state index is 0.639. The highest BCUT2D eigenvalue weighted by Gasteiger charge is 2.33. The molecule has 0 nitrogen and oxygen atoms in total. The molecule has 1 aromatic carbocycles. The Balaban J connectivity index is 2.22. The van der Waals surface area contributed by atoms with E-state index in [1.807, 2.05) is 0 Å². The van der Waals surface area contributed by atoms with Gasteiger partial charge >= 0.3 is 0 Å². The highest BCUT2D eigenvalue weighted by atomic mass is 28.3. The highest BCUT2D eigenvalue weighted by Crippen LogP contribution is 2.34. The molecule has 0 N–H and O–H groups in total. The summed E-state index contributed by atoms with van der Waals surface area (Å²) in [7, 11) is -1.57. The van der Waals surface area contributed by atoms with E-state index in [2.05, 4.69) is 77.2 Å². The van der Waals surface area contributed by atoms with Gasteiger partial charge in [-0.15, -0.1) is 0 Å². The van der Waals surface area contributed by atoms with Crippen LogP contribution in [0.1, 0.15) is 90.2 Å². The lowest BCUT2D eigenvalue weighted by Gasteiger charge is -2.29. The summed E-state index contributed by atoms with van der Waals surface area (Å²) in [4.78, 5) is 0. The van der Waals surface area contributed by atoms with Crippen molar-refractivity contribution in [1.82, 2.24) is 0 Å². The zero-order chi connectivity index (χ0) is 21.3. The maximum atomic E-state index is 2.59. The second-order valence-electron chi connectivity index (χ2n) is 10.1.